The zero-order chi connectivity index (χ0) is 16.1. The first kappa shape index (κ1) is 16.7. The first-order chi connectivity index (χ1) is 10.5. The fourth-order valence-corrected chi connectivity index (χ4v) is 3.05. The third kappa shape index (κ3) is 4.41. The number of hydrogen-bond donors (Lipinski definition) is 3. The van der Waals surface area contributed by atoms with Gasteiger partial charge in [0.05, 0.1) is 10.7 Å². The zero-order valence-corrected chi connectivity index (χ0v) is 14.9. The van der Waals surface area contributed by atoms with Crippen molar-refractivity contribution in [2.24, 2.45) is 5.10 Å². The third-order valence-electron chi connectivity index (χ3n) is 2.73. The van der Waals surface area contributed by atoms with Crippen LogP contribution in [0.2, 0.25) is 0 Å². The van der Waals surface area contributed by atoms with Crippen LogP contribution in [0.4, 0.5) is 5.95 Å². The topological polar surface area (TPSA) is 90.4 Å². The van der Waals surface area contributed by atoms with Gasteiger partial charge in [0.25, 0.3) is 5.56 Å². The Morgan fingerprint density at radius 2 is 2.18 bits per heavy atom. The highest BCUT2D eigenvalue weighted by Crippen LogP contribution is 2.30. The minimum atomic E-state index is -0.232. The number of anilines is 1. The first-order valence-corrected chi connectivity index (χ1v) is 8.15. The maximum Gasteiger partial charge on any atom is 0.252 e. The number of H-pyrrole nitrogens is 1. The first-order valence-electron chi connectivity index (χ1n) is 6.57. The van der Waals surface area contributed by atoms with Crippen LogP contribution in [-0.4, -0.2) is 21.3 Å². The summed E-state index contributed by atoms with van der Waals surface area (Å²) in [6.07, 6.45) is 3.07. The SMILES string of the molecule is CCCc1cc(=O)[nH]c(N/N=C/c2cc(Br)cc(Br)c2O)n1. The van der Waals surface area contributed by atoms with E-state index < -0.39 is 0 Å². The third-order valence-corrected chi connectivity index (χ3v) is 3.79. The van der Waals surface area contributed by atoms with Crippen molar-refractivity contribution in [3.8, 4) is 5.75 Å². The second kappa shape index (κ2) is 7.55. The molecule has 1 aromatic heterocycles. The van der Waals surface area contributed by atoms with Crippen LogP contribution < -0.4 is 11.0 Å². The molecular formula is C14H14Br2N4O2. The predicted octanol–water partition coefficient (Wildman–Crippen LogP) is 3.40. The van der Waals surface area contributed by atoms with E-state index in [1.165, 1.54) is 12.3 Å². The van der Waals surface area contributed by atoms with Gasteiger partial charge in [-0.05, 0) is 34.5 Å². The molecule has 2 rings (SSSR count). The fraction of sp³-hybridized carbons (Fsp3) is 0.214. The van der Waals surface area contributed by atoms with Crippen molar-refractivity contribution < 1.29 is 5.11 Å². The standard InChI is InChI=1S/C14H14Br2N4O2/c1-2-3-10-6-12(21)19-14(18-10)20-17-7-8-4-9(15)5-11(16)13(8)22/h4-7,22H,2-3H2,1H3,(H2,18,19,20,21)/b17-7+. The van der Waals surface area contributed by atoms with Crippen molar-refractivity contribution in [3.05, 3.63) is 48.8 Å². The second-order valence-corrected chi connectivity index (χ2v) is 6.30. The van der Waals surface area contributed by atoms with Gasteiger partial charge in [0.1, 0.15) is 5.75 Å². The maximum atomic E-state index is 11.5. The average Bonchev–Trinajstić information content (AvgIpc) is 2.44. The van der Waals surface area contributed by atoms with Gasteiger partial charge in [-0.15, -0.1) is 0 Å². The molecule has 0 radical (unpaired) electrons. The minimum Gasteiger partial charge on any atom is -0.506 e. The van der Waals surface area contributed by atoms with Crippen molar-refractivity contribution in [2.75, 3.05) is 5.43 Å². The number of halogens is 2. The van der Waals surface area contributed by atoms with Crippen molar-refractivity contribution in [1.29, 1.82) is 0 Å². The summed E-state index contributed by atoms with van der Waals surface area (Å²) in [5, 5.41) is 13.9. The molecule has 116 valence electrons. The van der Waals surface area contributed by atoms with Gasteiger partial charge in [-0.1, -0.05) is 29.3 Å². The summed E-state index contributed by atoms with van der Waals surface area (Å²) in [6, 6.07) is 4.91. The molecule has 1 aromatic carbocycles. The Balaban J connectivity index is 2.18. The molecule has 1 heterocycles. The molecular weight excluding hydrogens is 416 g/mol. The van der Waals surface area contributed by atoms with Crippen LogP contribution >= 0.6 is 31.9 Å². The Bertz CT molecular complexity index is 759. The minimum absolute atomic E-state index is 0.0786. The molecule has 0 amide bonds. The predicted molar refractivity (Wildman–Crippen MR) is 93.6 cm³/mol. The summed E-state index contributed by atoms with van der Waals surface area (Å²) < 4.78 is 1.36. The Kier molecular flexibility index (Phi) is 5.73. The van der Waals surface area contributed by atoms with E-state index in [9.17, 15) is 9.90 Å². The van der Waals surface area contributed by atoms with E-state index in [0.717, 1.165) is 17.3 Å². The van der Waals surface area contributed by atoms with Crippen molar-refractivity contribution in [1.82, 2.24) is 9.97 Å². The lowest BCUT2D eigenvalue weighted by molar-refractivity contribution is 0.471. The molecule has 0 atom stereocenters. The van der Waals surface area contributed by atoms with E-state index in [4.69, 9.17) is 0 Å². The van der Waals surface area contributed by atoms with Crippen LogP contribution in [0.25, 0.3) is 0 Å². The molecule has 8 heteroatoms. The number of phenolic OH excluding ortho intramolecular Hbond substituents is 1. The van der Waals surface area contributed by atoms with Crippen LogP contribution in [0.15, 0.2) is 37.0 Å². The number of aromatic hydroxyl groups is 1. The monoisotopic (exact) mass is 428 g/mol. The van der Waals surface area contributed by atoms with E-state index in [-0.39, 0.29) is 17.3 Å². The highest BCUT2D eigenvalue weighted by atomic mass is 79.9. The van der Waals surface area contributed by atoms with Gasteiger partial charge in [-0.25, -0.2) is 10.4 Å². The summed E-state index contributed by atoms with van der Waals surface area (Å²) in [6.45, 7) is 2.02. The lowest BCUT2D eigenvalue weighted by Gasteiger charge is -2.04. The van der Waals surface area contributed by atoms with Gasteiger partial charge < -0.3 is 5.11 Å². The average molecular weight is 430 g/mol. The number of hydrogen-bond acceptors (Lipinski definition) is 5. The molecule has 3 N–H and O–H groups in total. The summed E-state index contributed by atoms with van der Waals surface area (Å²) in [7, 11) is 0. The highest BCUT2D eigenvalue weighted by Gasteiger charge is 2.05. The number of rotatable bonds is 5. The summed E-state index contributed by atoms with van der Waals surface area (Å²) >= 11 is 6.59. The molecule has 0 unspecified atom stereocenters. The van der Waals surface area contributed by atoms with Crippen molar-refractivity contribution >= 4 is 44.0 Å². The largest absolute Gasteiger partial charge is 0.506 e. The molecule has 2 aromatic rings. The molecule has 0 saturated carbocycles. The van der Waals surface area contributed by atoms with Gasteiger partial charge in [0.2, 0.25) is 5.95 Å². The molecule has 0 aliphatic heterocycles. The van der Waals surface area contributed by atoms with E-state index in [1.807, 2.05) is 6.92 Å². The molecule has 6 nitrogen and oxygen atoms in total. The number of hydrazone groups is 1. The number of aryl methyl sites for hydroxylation is 1. The second-order valence-electron chi connectivity index (χ2n) is 4.53. The smallest absolute Gasteiger partial charge is 0.252 e. The summed E-state index contributed by atoms with van der Waals surface area (Å²) in [4.78, 5) is 18.3. The zero-order valence-electron chi connectivity index (χ0n) is 11.7. The molecule has 0 bridgehead atoms. The number of benzene rings is 1. The summed E-state index contributed by atoms with van der Waals surface area (Å²) in [5.41, 5.74) is 3.65. The molecule has 0 fully saturated rings. The van der Waals surface area contributed by atoms with Crippen molar-refractivity contribution in [3.63, 3.8) is 0 Å². The molecule has 0 aliphatic rings. The fourth-order valence-electron chi connectivity index (χ4n) is 1.79. The van der Waals surface area contributed by atoms with Crippen LogP contribution in [0.3, 0.4) is 0 Å². The van der Waals surface area contributed by atoms with E-state index >= 15 is 0 Å². The Labute approximate surface area is 143 Å². The van der Waals surface area contributed by atoms with Crippen LogP contribution in [0, 0.1) is 0 Å². The van der Waals surface area contributed by atoms with E-state index in [2.05, 4.69) is 52.4 Å². The van der Waals surface area contributed by atoms with Gasteiger partial charge in [-0.3, -0.25) is 9.78 Å². The number of aromatic amines is 1. The van der Waals surface area contributed by atoms with Crippen LogP contribution in [-0.2, 0) is 6.42 Å². The number of nitrogens with zero attached hydrogens (tertiary/aromatic N) is 2. The van der Waals surface area contributed by atoms with Crippen molar-refractivity contribution in [2.45, 2.75) is 19.8 Å². The highest BCUT2D eigenvalue weighted by molar-refractivity contribution is 9.11. The van der Waals surface area contributed by atoms with Gasteiger partial charge >= 0.3 is 0 Å². The van der Waals surface area contributed by atoms with Gasteiger partial charge in [0, 0.05) is 21.8 Å². The number of nitrogens with one attached hydrogen (secondary N) is 2. The Morgan fingerprint density at radius 1 is 1.41 bits per heavy atom. The van der Waals surface area contributed by atoms with E-state index in [0.29, 0.717) is 15.7 Å². The Hall–Kier alpha value is -1.67. The maximum absolute atomic E-state index is 11.5. The molecule has 22 heavy (non-hydrogen) atoms. The molecule has 0 saturated heterocycles. The van der Waals surface area contributed by atoms with Crippen LogP contribution in [0.5, 0.6) is 5.75 Å². The number of aromatic nitrogens is 2. The molecule has 0 aliphatic carbocycles. The normalized spacial score (nSPS) is 11.0. The Morgan fingerprint density at radius 3 is 2.91 bits per heavy atom. The van der Waals surface area contributed by atoms with Crippen LogP contribution in [0.1, 0.15) is 24.6 Å². The van der Waals surface area contributed by atoms with E-state index in [1.54, 1.807) is 12.1 Å². The van der Waals surface area contributed by atoms with Gasteiger partial charge in [0.15, 0.2) is 0 Å². The quantitative estimate of drug-likeness (QED) is 0.501. The molecule has 0 spiro atoms. The number of phenols is 1. The lowest BCUT2D eigenvalue weighted by atomic mass is 10.2. The lowest BCUT2D eigenvalue weighted by Crippen LogP contribution is -2.12. The summed E-state index contributed by atoms with van der Waals surface area (Å²) in [5.74, 6) is 0.343. The van der Waals surface area contributed by atoms with Gasteiger partial charge in [-0.2, -0.15) is 5.10 Å².